The normalized spacial score (nSPS) is 16.1. The van der Waals surface area contributed by atoms with Gasteiger partial charge in [0.05, 0.1) is 5.56 Å². The Morgan fingerprint density at radius 2 is 2.13 bits per heavy atom. The van der Waals surface area contributed by atoms with Crippen molar-refractivity contribution in [3.63, 3.8) is 0 Å². The van der Waals surface area contributed by atoms with E-state index in [1.165, 1.54) is 24.8 Å². The third kappa shape index (κ3) is 1.89. The van der Waals surface area contributed by atoms with E-state index in [1.807, 2.05) is 13.0 Å². The van der Waals surface area contributed by atoms with E-state index < -0.39 is 5.97 Å². The summed E-state index contributed by atoms with van der Waals surface area (Å²) in [6.45, 7) is 1.90. The summed E-state index contributed by atoms with van der Waals surface area (Å²) in [4.78, 5) is 10.9. The van der Waals surface area contributed by atoms with E-state index in [0.29, 0.717) is 11.5 Å². The summed E-state index contributed by atoms with van der Waals surface area (Å²) < 4.78 is 1.14. The van der Waals surface area contributed by atoms with Gasteiger partial charge < -0.3 is 5.11 Å². The molecule has 0 atom stereocenters. The van der Waals surface area contributed by atoms with Gasteiger partial charge in [0.25, 0.3) is 0 Å². The zero-order valence-corrected chi connectivity index (χ0v) is 10.7. The third-order valence-corrected chi connectivity index (χ3v) is 4.62. The average Bonchev–Trinajstić information content (AvgIpc) is 2.09. The fourth-order valence-corrected chi connectivity index (χ4v) is 2.88. The lowest BCUT2D eigenvalue weighted by Gasteiger charge is -2.27. The Morgan fingerprint density at radius 3 is 2.60 bits per heavy atom. The monoisotopic (exact) mass is 316 g/mol. The topological polar surface area (TPSA) is 37.3 Å². The molecule has 1 saturated carbocycles. The molecule has 2 rings (SSSR count). The maximum absolute atomic E-state index is 10.9. The molecule has 0 radical (unpaired) electrons. The molecule has 80 valence electrons. The smallest absolute Gasteiger partial charge is 0.335 e. The summed E-state index contributed by atoms with van der Waals surface area (Å²) in [5.74, 6) is -0.163. The number of hydrogen-bond acceptors (Lipinski definition) is 1. The second kappa shape index (κ2) is 4.12. The van der Waals surface area contributed by atoms with E-state index >= 15 is 0 Å². The van der Waals surface area contributed by atoms with Gasteiger partial charge in [-0.3, -0.25) is 0 Å². The van der Waals surface area contributed by atoms with Crippen LogP contribution in [0, 0.1) is 10.5 Å². The zero-order valence-electron chi connectivity index (χ0n) is 8.59. The van der Waals surface area contributed by atoms with Crippen molar-refractivity contribution in [1.29, 1.82) is 0 Å². The number of benzene rings is 1. The van der Waals surface area contributed by atoms with Gasteiger partial charge in [-0.25, -0.2) is 4.79 Å². The molecule has 0 heterocycles. The molecule has 1 N–H and O–H groups in total. The highest BCUT2D eigenvalue weighted by Crippen LogP contribution is 2.39. The number of rotatable bonds is 2. The van der Waals surface area contributed by atoms with Crippen molar-refractivity contribution in [3.05, 3.63) is 32.4 Å². The molecule has 0 aliphatic heterocycles. The average molecular weight is 316 g/mol. The van der Waals surface area contributed by atoms with Gasteiger partial charge in [-0.1, -0.05) is 12.5 Å². The highest BCUT2D eigenvalue weighted by molar-refractivity contribution is 14.1. The quantitative estimate of drug-likeness (QED) is 0.847. The fourth-order valence-electron chi connectivity index (χ4n) is 1.97. The number of carbonyl (C=O) groups is 1. The molecule has 2 nitrogen and oxygen atoms in total. The van der Waals surface area contributed by atoms with Crippen molar-refractivity contribution in [2.75, 3.05) is 0 Å². The summed E-state index contributed by atoms with van der Waals surface area (Å²) in [7, 11) is 0. The lowest BCUT2D eigenvalue weighted by atomic mass is 9.79. The van der Waals surface area contributed by atoms with Crippen LogP contribution in [-0.2, 0) is 0 Å². The van der Waals surface area contributed by atoms with Gasteiger partial charge in [0.15, 0.2) is 0 Å². The maximum atomic E-state index is 10.9. The lowest BCUT2D eigenvalue weighted by molar-refractivity contribution is 0.0696. The molecule has 0 spiro atoms. The van der Waals surface area contributed by atoms with Gasteiger partial charge in [0.1, 0.15) is 0 Å². The molecule has 0 unspecified atom stereocenters. The zero-order chi connectivity index (χ0) is 11.0. The Kier molecular flexibility index (Phi) is 3.00. The van der Waals surface area contributed by atoms with Crippen molar-refractivity contribution >= 4 is 28.6 Å². The van der Waals surface area contributed by atoms with Crippen LogP contribution in [0.25, 0.3) is 0 Å². The van der Waals surface area contributed by atoms with E-state index in [4.69, 9.17) is 5.11 Å². The van der Waals surface area contributed by atoms with E-state index in [0.717, 1.165) is 9.13 Å². The van der Waals surface area contributed by atoms with Crippen molar-refractivity contribution < 1.29 is 9.90 Å². The minimum Gasteiger partial charge on any atom is -0.478 e. The van der Waals surface area contributed by atoms with E-state index in [-0.39, 0.29) is 0 Å². The number of aromatic carboxylic acids is 1. The predicted molar refractivity (Wildman–Crippen MR) is 67.4 cm³/mol. The molecule has 1 aliphatic carbocycles. The molecule has 1 aromatic rings. The maximum Gasteiger partial charge on any atom is 0.335 e. The number of carboxylic acids is 1. The number of halogens is 1. The summed E-state index contributed by atoms with van der Waals surface area (Å²) in [5.41, 5.74) is 2.68. The van der Waals surface area contributed by atoms with Crippen LogP contribution in [0.1, 0.15) is 46.7 Å². The number of carboxylic acid groups (broad SMARTS) is 1. The van der Waals surface area contributed by atoms with Crippen LogP contribution in [0.15, 0.2) is 12.1 Å². The Balaban J connectivity index is 2.43. The molecular weight excluding hydrogens is 303 g/mol. The summed E-state index contributed by atoms with van der Waals surface area (Å²) >= 11 is 2.27. The minimum atomic E-state index is -0.828. The van der Waals surface area contributed by atoms with Crippen molar-refractivity contribution in [1.82, 2.24) is 0 Å². The van der Waals surface area contributed by atoms with Gasteiger partial charge in [-0.2, -0.15) is 0 Å². The Labute approximate surface area is 103 Å². The first-order chi connectivity index (χ1) is 7.11. The van der Waals surface area contributed by atoms with Gasteiger partial charge >= 0.3 is 5.97 Å². The molecule has 1 aromatic carbocycles. The van der Waals surface area contributed by atoms with Gasteiger partial charge in [-0.05, 0) is 65.5 Å². The molecule has 3 heteroatoms. The second-order valence-electron chi connectivity index (χ2n) is 4.07. The second-order valence-corrected chi connectivity index (χ2v) is 5.15. The molecule has 0 amide bonds. The van der Waals surface area contributed by atoms with E-state index in [9.17, 15) is 4.79 Å². The fraction of sp³-hybridized carbons (Fsp3) is 0.417. The molecule has 0 aromatic heterocycles. The van der Waals surface area contributed by atoms with Crippen molar-refractivity contribution in [2.45, 2.75) is 32.1 Å². The van der Waals surface area contributed by atoms with Crippen LogP contribution < -0.4 is 0 Å². The number of hydrogen-bond donors (Lipinski definition) is 1. The van der Waals surface area contributed by atoms with Crippen molar-refractivity contribution in [2.24, 2.45) is 0 Å². The summed E-state index contributed by atoms with van der Waals surface area (Å²) in [5, 5.41) is 8.99. The van der Waals surface area contributed by atoms with Crippen LogP contribution in [0.2, 0.25) is 0 Å². The van der Waals surface area contributed by atoms with Crippen LogP contribution in [0.3, 0.4) is 0 Å². The molecule has 1 fully saturated rings. The summed E-state index contributed by atoms with van der Waals surface area (Å²) in [6.07, 6.45) is 3.81. The first-order valence-corrected chi connectivity index (χ1v) is 6.21. The molecule has 0 bridgehead atoms. The molecule has 15 heavy (non-hydrogen) atoms. The van der Waals surface area contributed by atoms with Gasteiger partial charge in [0.2, 0.25) is 0 Å². The van der Waals surface area contributed by atoms with Crippen LogP contribution >= 0.6 is 22.6 Å². The van der Waals surface area contributed by atoms with Crippen LogP contribution in [0.5, 0.6) is 0 Å². The van der Waals surface area contributed by atoms with E-state index in [2.05, 4.69) is 22.6 Å². The first-order valence-electron chi connectivity index (χ1n) is 5.13. The van der Waals surface area contributed by atoms with Crippen LogP contribution in [-0.4, -0.2) is 11.1 Å². The van der Waals surface area contributed by atoms with Crippen LogP contribution in [0.4, 0.5) is 0 Å². The Bertz CT molecular complexity index is 408. The largest absolute Gasteiger partial charge is 0.478 e. The standard InChI is InChI=1S/C12H13IO2/c1-7-9(12(14)15)5-6-10(11(7)13)8-3-2-4-8/h5-6,8H,2-4H2,1H3,(H,14,15). The SMILES string of the molecule is Cc1c(C(=O)O)ccc(C2CCC2)c1I. The highest BCUT2D eigenvalue weighted by Gasteiger charge is 2.23. The lowest BCUT2D eigenvalue weighted by Crippen LogP contribution is -2.12. The molecular formula is C12H13IO2. The van der Waals surface area contributed by atoms with Crippen molar-refractivity contribution in [3.8, 4) is 0 Å². The summed E-state index contributed by atoms with van der Waals surface area (Å²) in [6, 6.07) is 3.73. The van der Waals surface area contributed by atoms with E-state index in [1.54, 1.807) is 6.07 Å². The highest BCUT2D eigenvalue weighted by atomic mass is 127. The molecule has 0 saturated heterocycles. The Hall–Kier alpha value is -0.580. The van der Waals surface area contributed by atoms with Gasteiger partial charge in [0, 0.05) is 3.57 Å². The predicted octanol–water partition coefficient (Wildman–Crippen LogP) is 3.57. The third-order valence-electron chi connectivity index (χ3n) is 3.19. The van der Waals surface area contributed by atoms with Gasteiger partial charge in [-0.15, -0.1) is 0 Å². The minimum absolute atomic E-state index is 0.433. The first kappa shape index (κ1) is 10.9. The molecule has 1 aliphatic rings. The Morgan fingerprint density at radius 1 is 1.47 bits per heavy atom.